The quantitative estimate of drug-likeness (QED) is 0.924. The van der Waals surface area contributed by atoms with Crippen LogP contribution in [0.15, 0.2) is 24.3 Å². The highest BCUT2D eigenvalue weighted by Crippen LogP contribution is 2.20. The van der Waals surface area contributed by atoms with Crippen LogP contribution in [-0.2, 0) is 4.79 Å². The van der Waals surface area contributed by atoms with E-state index >= 15 is 0 Å². The lowest BCUT2D eigenvalue weighted by Gasteiger charge is -2.31. The standard InChI is InChI=1S/C15H19N3OS/c1-2-14-10-18(7-8-20-14)11-15(19)17-13-5-3-12(9-16)4-6-13/h3-6,14H,2,7-8,10-11H2,1H3,(H,17,19). The van der Waals surface area contributed by atoms with Gasteiger partial charge in [0.05, 0.1) is 18.2 Å². The molecule has 0 saturated carbocycles. The molecule has 1 amide bonds. The van der Waals surface area contributed by atoms with Crippen molar-refractivity contribution in [3.63, 3.8) is 0 Å². The average Bonchev–Trinajstić information content (AvgIpc) is 2.48. The fourth-order valence-corrected chi connectivity index (χ4v) is 3.45. The number of hydrogen-bond acceptors (Lipinski definition) is 4. The number of nitriles is 1. The van der Waals surface area contributed by atoms with E-state index in [1.54, 1.807) is 24.3 Å². The van der Waals surface area contributed by atoms with Crippen molar-refractivity contribution in [1.29, 1.82) is 5.26 Å². The molecule has 1 aliphatic heterocycles. The second-order valence-electron chi connectivity index (χ2n) is 4.87. The minimum absolute atomic E-state index is 0.0106. The molecular formula is C15H19N3OS. The van der Waals surface area contributed by atoms with Gasteiger partial charge in [-0.25, -0.2) is 0 Å². The number of benzene rings is 1. The molecule has 1 N–H and O–H groups in total. The Morgan fingerprint density at radius 2 is 2.25 bits per heavy atom. The third kappa shape index (κ3) is 4.26. The van der Waals surface area contributed by atoms with E-state index in [-0.39, 0.29) is 5.91 Å². The van der Waals surface area contributed by atoms with Crippen LogP contribution < -0.4 is 5.32 Å². The van der Waals surface area contributed by atoms with Crippen LogP contribution in [0.25, 0.3) is 0 Å². The Kier molecular flexibility index (Phi) is 5.45. The number of nitrogens with zero attached hydrogens (tertiary/aromatic N) is 2. The minimum Gasteiger partial charge on any atom is -0.325 e. The first-order valence-electron chi connectivity index (χ1n) is 6.85. The monoisotopic (exact) mass is 289 g/mol. The number of carbonyl (C=O) groups excluding carboxylic acids is 1. The van der Waals surface area contributed by atoms with Gasteiger partial charge in [-0.05, 0) is 30.7 Å². The molecule has 0 bridgehead atoms. The van der Waals surface area contributed by atoms with E-state index in [0.717, 1.165) is 31.0 Å². The smallest absolute Gasteiger partial charge is 0.238 e. The summed E-state index contributed by atoms with van der Waals surface area (Å²) in [7, 11) is 0. The lowest BCUT2D eigenvalue weighted by Crippen LogP contribution is -2.42. The third-order valence-corrected chi connectivity index (χ3v) is 4.72. The maximum atomic E-state index is 12.0. The number of carbonyl (C=O) groups is 1. The fraction of sp³-hybridized carbons (Fsp3) is 0.467. The molecule has 106 valence electrons. The highest BCUT2D eigenvalue weighted by molar-refractivity contribution is 8.00. The highest BCUT2D eigenvalue weighted by atomic mass is 32.2. The molecule has 0 aromatic heterocycles. The molecule has 1 aliphatic rings. The number of nitrogens with one attached hydrogen (secondary N) is 1. The van der Waals surface area contributed by atoms with Crippen molar-refractivity contribution < 1.29 is 4.79 Å². The lowest BCUT2D eigenvalue weighted by molar-refractivity contribution is -0.117. The SMILES string of the molecule is CCC1CN(CC(=O)Nc2ccc(C#N)cc2)CCS1. The van der Waals surface area contributed by atoms with Crippen LogP contribution in [0.4, 0.5) is 5.69 Å². The topological polar surface area (TPSA) is 56.1 Å². The second-order valence-corrected chi connectivity index (χ2v) is 6.28. The maximum absolute atomic E-state index is 12.0. The van der Waals surface area contributed by atoms with Gasteiger partial charge in [-0.2, -0.15) is 17.0 Å². The fourth-order valence-electron chi connectivity index (χ4n) is 2.20. The molecule has 1 aromatic carbocycles. The van der Waals surface area contributed by atoms with Crippen LogP contribution in [0.3, 0.4) is 0 Å². The maximum Gasteiger partial charge on any atom is 0.238 e. The van der Waals surface area contributed by atoms with E-state index in [0.29, 0.717) is 17.4 Å². The van der Waals surface area contributed by atoms with Gasteiger partial charge in [0.2, 0.25) is 5.91 Å². The van der Waals surface area contributed by atoms with Gasteiger partial charge in [0.25, 0.3) is 0 Å². The molecule has 4 nitrogen and oxygen atoms in total. The van der Waals surface area contributed by atoms with Crippen LogP contribution in [0.1, 0.15) is 18.9 Å². The van der Waals surface area contributed by atoms with Crippen LogP contribution in [0.5, 0.6) is 0 Å². The van der Waals surface area contributed by atoms with E-state index in [1.807, 2.05) is 11.8 Å². The summed E-state index contributed by atoms with van der Waals surface area (Å²) in [5.74, 6) is 1.11. The van der Waals surface area contributed by atoms with Crippen molar-refractivity contribution in [3.05, 3.63) is 29.8 Å². The number of amides is 1. The van der Waals surface area contributed by atoms with Gasteiger partial charge in [-0.15, -0.1) is 0 Å². The molecule has 0 radical (unpaired) electrons. The van der Waals surface area contributed by atoms with Crippen LogP contribution in [0.2, 0.25) is 0 Å². The number of thioether (sulfide) groups is 1. The Labute approximate surface area is 124 Å². The molecule has 0 spiro atoms. The Morgan fingerprint density at radius 3 is 2.90 bits per heavy atom. The molecule has 1 aromatic rings. The predicted molar refractivity (Wildman–Crippen MR) is 82.8 cm³/mol. The molecule has 5 heteroatoms. The Hall–Kier alpha value is -1.51. The van der Waals surface area contributed by atoms with Crippen LogP contribution in [0, 0.1) is 11.3 Å². The van der Waals surface area contributed by atoms with Gasteiger partial charge in [0, 0.05) is 29.8 Å². The summed E-state index contributed by atoms with van der Waals surface area (Å²) in [5.41, 5.74) is 1.34. The van der Waals surface area contributed by atoms with Gasteiger partial charge < -0.3 is 5.32 Å². The van der Waals surface area contributed by atoms with Crippen LogP contribution >= 0.6 is 11.8 Å². The first-order chi connectivity index (χ1) is 9.71. The van der Waals surface area contributed by atoms with E-state index in [9.17, 15) is 4.79 Å². The van der Waals surface area contributed by atoms with Crippen LogP contribution in [-0.4, -0.2) is 41.4 Å². The summed E-state index contributed by atoms with van der Waals surface area (Å²) in [5, 5.41) is 12.3. The molecule has 1 unspecified atom stereocenters. The van der Waals surface area contributed by atoms with Crippen molar-refractivity contribution in [3.8, 4) is 6.07 Å². The van der Waals surface area contributed by atoms with Gasteiger partial charge >= 0.3 is 0 Å². The average molecular weight is 289 g/mol. The van der Waals surface area contributed by atoms with Crippen molar-refractivity contribution in [2.45, 2.75) is 18.6 Å². The molecule has 20 heavy (non-hydrogen) atoms. The number of rotatable bonds is 4. The summed E-state index contributed by atoms with van der Waals surface area (Å²) in [6.07, 6.45) is 1.15. The molecule has 1 saturated heterocycles. The third-order valence-electron chi connectivity index (χ3n) is 3.34. The van der Waals surface area contributed by atoms with Gasteiger partial charge in [0.15, 0.2) is 0 Å². The number of anilines is 1. The number of hydrogen-bond donors (Lipinski definition) is 1. The summed E-state index contributed by atoms with van der Waals surface area (Å²) in [6.45, 7) is 4.60. The van der Waals surface area contributed by atoms with Crippen molar-refractivity contribution in [2.75, 3.05) is 30.7 Å². The minimum atomic E-state index is 0.0106. The van der Waals surface area contributed by atoms with E-state index in [4.69, 9.17) is 5.26 Å². The molecule has 0 aliphatic carbocycles. The second kappa shape index (κ2) is 7.32. The summed E-state index contributed by atoms with van der Waals surface area (Å²) in [4.78, 5) is 14.2. The summed E-state index contributed by atoms with van der Waals surface area (Å²) >= 11 is 2.00. The van der Waals surface area contributed by atoms with Crippen molar-refractivity contribution in [1.82, 2.24) is 4.90 Å². The van der Waals surface area contributed by atoms with Gasteiger partial charge in [0.1, 0.15) is 0 Å². The lowest BCUT2D eigenvalue weighted by atomic mass is 10.2. The molecule has 2 rings (SSSR count). The van der Waals surface area contributed by atoms with Crippen molar-refractivity contribution >= 4 is 23.4 Å². The highest BCUT2D eigenvalue weighted by Gasteiger charge is 2.20. The van der Waals surface area contributed by atoms with E-state index in [2.05, 4.69) is 23.2 Å². The first kappa shape index (κ1) is 14.9. The molecule has 1 fully saturated rings. The first-order valence-corrected chi connectivity index (χ1v) is 7.90. The zero-order valence-corrected chi connectivity index (χ0v) is 12.4. The molecular weight excluding hydrogens is 270 g/mol. The Balaban J connectivity index is 1.84. The normalized spacial score (nSPS) is 19.3. The van der Waals surface area contributed by atoms with Crippen molar-refractivity contribution in [2.24, 2.45) is 0 Å². The molecule has 1 atom stereocenters. The zero-order chi connectivity index (χ0) is 14.4. The largest absolute Gasteiger partial charge is 0.325 e. The van der Waals surface area contributed by atoms with Gasteiger partial charge in [-0.1, -0.05) is 6.92 Å². The van der Waals surface area contributed by atoms with E-state index in [1.165, 1.54) is 0 Å². The van der Waals surface area contributed by atoms with E-state index < -0.39 is 0 Å². The Bertz CT molecular complexity index is 495. The molecule has 1 heterocycles. The summed E-state index contributed by atoms with van der Waals surface area (Å²) in [6, 6.07) is 9.00. The predicted octanol–water partition coefficient (Wildman–Crippen LogP) is 2.32. The zero-order valence-electron chi connectivity index (χ0n) is 11.6. The summed E-state index contributed by atoms with van der Waals surface area (Å²) < 4.78 is 0. The van der Waals surface area contributed by atoms with Gasteiger partial charge in [-0.3, -0.25) is 9.69 Å². The Morgan fingerprint density at radius 1 is 1.50 bits per heavy atom.